The van der Waals surface area contributed by atoms with Crippen molar-refractivity contribution in [3.8, 4) is 57.5 Å². The first kappa shape index (κ1) is 96.0. The summed E-state index contributed by atoms with van der Waals surface area (Å²) in [5.41, 5.74) is 30.6. The minimum Gasteiger partial charge on any atom is -0.497 e. The maximum atomic E-state index is 6.11. The molecule has 0 bridgehead atoms. The Morgan fingerprint density at radius 2 is 0.583 bits per heavy atom. The third-order valence-corrected chi connectivity index (χ3v) is 22.7. The quantitative estimate of drug-likeness (QED) is 0.0331. The molecule has 0 fully saturated rings. The van der Waals surface area contributed by atoms with Gasteiger partial charge in [0.05, 0.1) is 109 Å². The van der Waals surface area contributed by atoms with Crippen LogP contribution < -0.4 is 47.4 Å². The number of nitrogens with zero attached hydrogens (tertiary/aromatic N) is 5. The lowest BCUT2D eigenvalue weighted by Gasteiger charge is -2.22. The number of aryl methyl sites for hydroxylation is 12. The van der Waals surface area contributed by atoms with Gasteiger partial charge in [-0.1, -0.05) is 42.5 Å². The SMILES string of the molecule is COCC(COC)Oc1ccc2c(c1)C(=Nc1cc(C)c(OC)c(C)c1)CCC2.COCCOc1ccc2c(c1)C(=Nc1cc(C)c(OC)c(C)c1)CCC2.COCCOc1ccc2c(c1)C(=Nc1cc(C)c(OC)c(C)c1)CCO2.COCCOc1ccc2c(c1)C(=Nc1ccc(OC)cc1)CCC2.COc1c(C)cc(N=C2CCCCc3ccccc32)cc1C. The van der Waals surface area contributed by atoms with Gasteiger partial charge in [-0.2, -0.15) is 0 Å². The van der Waals surface area contributed by atoms with Gasteiger partial charge in [-0.25, -0.2) is 0 Å². The van der Waals surface area contributed by atoms with Crippen LogP contribution in [0.1, 0.15) is 159 Å². The van der Waals surface area contributed by atoms with Gasteiger partial charge in [0, 0.05) is 87.1 Å². The molecule has 672 valence electrons. The lowest BCUT2D eigenvalue weighted by Crippen LogP contribution is -2.27. The van der Waals surface area contributed by atoms with Crippen LogP contribution in [0, 0.1) is 55.4 Å². The van der Waals surface area contributed by atoms with Crippen LogP contribution in [0.2, 0.25) is 0 Å². The Labute approximate surface area is 752 Å². The van der Waals surface area contributed by atoms with Crippen molar-refractivity contribution in [1.29, 1.82) is 0 Å². The third-order valence-electron chi connectivity index (χ3n) is 22.7. The van der Waals surface area contributed by atoms with Crippen molar-refractivity contribution in [1.82, 2.24) is 0 Å². The summed E-state index contributed by atoms with van der Waals surface area (Å²) in [7, 11) is 16.9. The van der Waals surface area contributed by atoms with Crippen molar-refractivity contribution >= 4 is 57.0 Å². The maximum Gasteiger partial charge on any atom is 0.145 e. The van der Waals surface area contributed by atoms with Gasteiger partial charge in [0.15, 0.2) is 0 Å². The number of benzene rings is 10. The molecule has 0 saturated carbocycles. The highest BCUT2D eigenvalue weighted by atomic mass is 16.6. The van der Waals surface area contributed by atoms with Crippen molar-refractivity contribution in [3.05, 3.63) is 264 Å². The second-order valence-corrected chi connectivity index (χ2v) is 32.3. The summed E-state index contributed by atoms with van der Waals surface area (Å²) in [6.45, 7) is 21.4. The van der Waals surface area contributed by atoms with Crippen molar-refractivity contribution in [2.24, 2.45) is 25.0 Å². The van der Waals surface area contributed by atoms with Crippen LogP contribution in [-0.2, 0) is 49.4 Å². The van der Waals surface area contributed by atoms with Crippen LogP contribution in [0.15, 0.2) is 195 Å². The van der Waals surface area contributed by atoms with Crippen molar-refractivity contribution in [3.63, 3.8) is 0 Å². The fourth-order valence-electron chi connectivity index (χ4n) is 16.9. The van der Waals surface area contributed by atoms with E-state index in [1.165, 1.54) is 63.1 Å². The predicted molar refractivity (Wildman–Crippen MR) is 513 cm³/mol. The molecule has 0 N–H and O–H groups in total. The van der Waals surface area contributed by atoms with E-state index in [0.29, 0.717) is 59.5 Å². The van der Waals surface area contributed by atoms with E-state index in [4.69, 9.17) is 96.0 Å². The number of rotatable bonds is 28. The molecular weight excluding hydrogens is 1600 g/mol. The van der Waals surface area contributed by atoms with E-state index in [1.54, 1.807) is 71.1 Å². The summed E-state index contributed by atoms with van der Waals surface area (Å²) in [5.74, 6) is 8.78. The molecule has 20 nitrogen and oxygen atoms in total. The van der Waals surface area contributed by atoms with Crippen LogP contribution in [0.4, 0.5) is 28.4 Å². The standard InChI is InChI=1S/C24H31NO4.C22H27NO3.C21H25NO4.C20H23NO3.C20H23NO/c1-16-11-19(12-17(2)24(16)28-5)25-23-8-6-7-18-9-10-20(13-22(18)23)29-21(14-26-3)15-27-4;1-15-12-18(13-16(2)22(15)25-4)23-21-7-5-6-17-8-9-19(14-20(17)21)26-11-10-24-3;1-14-11-16(12-15(2)21(14)24-4)22-19-7-8-26-20-6-5-17(13-18(19)20)25-10-9-23-3;1-22-12-13-24-18-9-6-15-4-3-5-20(19(15)14-18)21-16-7-10-17(23-2)11-8-16;1-14-12-17(13-15(2)20(14)22-3)21-19-11-7-5-9-16-8-4-6-10-18(16)19/h9-13,21H,6-8,14-15H2,1-5H3;8-9,12-14H,5-7,10-11H2,1-4H3;5-6,11-13H,7-10H2,1-4H3;6-11,14H,3-5,12-13H2,1-2H3;4,6,8,10,12-13H,5,7,9,11H2,1-3H3. The normalized spacial score (nSPS) is 15.2. The number of hydrogen-bond acceptors (Lipinski definition) is 20. The number of aliphatic imine (C=N–C) groups is 5. The Balaban J connectivity index is 0.000000154. The predicted octanol–water partition coefficient (Wildman–Crippen LogP) is 23.2. The second-order valence-electron chi connectivity index (χ2n) is 32.3. The molecule has 15 rings (SSSR count). The summed E-state index contributed by atoms with van der Waals surface area (Å²) in [6, 6.07) is 58.0. The smallest absolute Gasteiger partial charge is 0.145 e. The van der Waals surface area contributed by atoms with Gasteiger partial charge < -0.3 is 71.1 Å². The first-order valence-electron chi connectivity index (χ1n) is 44.2. The zero-order chi connectivity index (χ0) is 90.1. The number of hydrogen-bond donors (Lipinski definition) is 0. The largest absolute Gasteiger partial charge is 0.497 e. The van der Waals surface area contributed by atoms with E-state index < -0.39 is 0 Å². The molecule has 0 amide bonds. The summed E-state index contributed by atoms with van der Waals surface area (Å²) < 4.78 is 81.8. The number of methoxy groups -OCH3 is 10. The molecule has 10 aromatic rings. The molecule has 1 heterocycles. The molecule has 0 unspecified atom stereocenters. The van der Waals surface area contributed by atoms with Gasteiger partial charge in [0.25, 0.3) is 0 Å². The zero-order valence-electron chi connectivity index (χ0n) is 77.9. The van der Waals surface area contributed by atoms with Crippen LogP contribution in [0.3, 0.4) is 0 Å². The topological polar surface area (TPSA) is 200 Å². The van der Waals surface area contributed by atoms with Crippen molar-refractivity contribution in [2.45, 2.75) is 151 Å². The van der Waals surface area contributed by atoms with Gasteiger partial charge in [-0.3, -0.25) is 25.0 Å². The van der Waals surface area contributed by atoms with Gasteiger partial charge in [-0.15, -0.1) is 0 Å². The molecule has 127 heavy (non-hydrogen) atoms. The van der Waals surface area contributed by atoms with E-state index in [0.717, 1.165) is 236 Å². The minimum absolute atomic E-state index is 0.140. The first-order valence-corrected chi connectivity index (χ1v) is 44.2. The Morgan fingerprint density at radius 3 is 0.969 bits per heavy atom. The van der Waals surface area contributed by atoms with Crippen LogP contribution in [0.25, 0.3) is 0 Å². The van der Waals surface area contributed by atoms with Crippen LogP contribution >= 0.6 is 0 Å². The van der Waals surface area contributed by atoms with E-state index in [9.17, 15) is 0 Å². The molecule has 5 aliphatic rings. The van der Waals surface area contributed by atoms with Crippen molar-refractivity contribution in [2.75, 3.05) is 131 Å². The lowest BCUT2D eigenvalue weighted by molar-refractivity contribution is 0.0245. The van der Waals surface area contributed by atoms with Gasteiger partial charge in [0.2, 0.25) is 0 Å². The fraction of sp³-hybridized carbons (Fsp3) is 0.393. The molecule has 1 aliphatic heterocycles. The molecular formula is C107H129N5O15. The molecule has 0 spiro atoms. The molecule has 20 heteroatoms. The molecule has 0 saturated heterocycles. The first-order chi connectivity index (χ1) is 61.8. The van der Waals surface area contributed by atoms with E-state index in [1.807, 2.05) is 86.6 Å². The summed E-state index contributed by atoms with van der Waals surface area (Å²) in [5, 5.41) is 0. The van der Waals surface area contributed by atoms with E-state index in [-0.39, 0.29) is 6.10 Å². The lowest BCUT2D eigenvalue weighted by atomic mass is 9.89. The Kier molecular flexibility index (Phi) is 37.0. The van der Waals surface area contributed by atoms with Crippen LogP contribution in [-0.4, -0.2) is 165 Å². The Hall–Kier alpha value is -11.7. The Bertz CT molecular complexity index is 5240. The van der Waals surface area contributed by atoms with Gasteiger partial charge in [0.1, 0.15) is 83.4 Å². The summed E-state index contributed by atoms with van der Waals surface area (Å²) in [6.07, 6.45) is 14.8. The average Bonchev–Trinajstić information content (AvgIpc) is 1.73. The van der Waals surface area contributed by atoms with Gasteiger partial charge >= 0.3 is 0 Å². The van der Waals surface area contributed by atoms with Crippen LogP contribution in [0.5, 0.6) is 57.5 Å². The summed E-state index contributed by atoms with van der Waals surface area (Å²) >= 11 is 0. The molecule has 0 atom stereocenters. The van der Waals surface area contributed by atoms with E-state index in [2.05, 4.69) is 139 Å². The highest BCUT2D eigenvalue weighted by Crippen LogP contribution is 2.39. The average molecular weight is 1730 g/mol. The maximum absolute atomic E-state index is 6.11. The molecule has 0 aromatic heterocycles. The molecule has 0 radical (unpaired) electrons. The monoisotopic (exact) mass is 1720 g/mol. The van der Waals surface area contributed by atoms with Crippen molar-refractivity contribution < 1.29 is 71.1 Å². The Morgan fingerprint density at radius 1 is 0.268 bits per heavy atom. The summed E-state index contributed by atoms with van der Waals surface area (Å²) in [4.78, 5) is 24.7. The highest BCUT2D eigenvalue weighted by Gasteiger charge is 2.24. The molecule has 4 aliphatic carbocycles. The number of fused-ring (bicyclic) bond motifs is 5. The fourth-order valence-corrected chi connectivity index (χ4v) is 16.9. The number of ether oxygens (including phenoxy) is 15. The minimum atomic E-state index is -0.140. The highest BCUT2D eigenvalue weighted by molar-refractivity contribution is 6.07. The van der Waals surface area contributed by atoms with E-state index >= 15 is 0 Å². The van der Waals surface area contributed by atoms with Gasteiger partial charge in [-0.05, 0) is 339 Å². The zero-order valence-corrected chi connectivity index (χ0v) is 77.9. The third kappa shape index (κ3) is 27.0. The molecule has 10 aromatic carbocycles. The second kappa shape index (κ2) is 48.9.